The van der Waals surface area contributed by atoms with Crippen molar-refractivity contribution in [3.05, 3.63) is 0 Å². The van der Waals surface area contributed by atoms with Gasteiger partial charge in [-0.15, -0.1) is 0 Å². The fraction of sp³-hybridized carbons (Fsp3) is 0.929. The Balaban J connectivity index is 1.63. The van der Waals surface area contributed by atoms with Crippen molar-refractivity contribution in [1.29, 1.82) is 0 Å². The van der Waals surface area contributed by atoms with Crippen LogP contribution in [0.2, 0.25) is 0 Å². The number of rotatable bonds is 6. The molecule has 2 aliphatic rings. The highest BCUT2D eigenvalue weighted by atomic mass is 16.5. The molecule has 1 saturated carbocycles. The molecule has 0 aromatic rings. The first-order valence-electron chi connectivity index (χ1n) is 7.37. The predicted molar refractivity (Wildman–Crippen MR) is 72.9 cm³/mol. The van der Waals surface area contributed by atoms with Crippen molar-refractivity contribution >= 4 is 5.91 Å². The summed E-state index contributed by atoms with van der Waals surface area (Å²) < 4.78 is 5.46. The number of aliphatic hydroxyl groups is 1. The van der Waals surface area contributed by atoms with Gasteiger partial charge in [0.15, 0.2) is 0 Å². The van der Waals surface area contributed by atoms with Crippen LogP contribution in [0.5, 0.6) is 0 Å². The maximum atomic E-state index is 11.8. The molecule has 1 heterocycles. The summed E-state index contributed by atoms with van der Waals surface area (Å²) in [7, 11) is 1.89. The molecule has 1 atom stereocenters. The molecular weight excluding hydrogens is 244 g/mol. The van der Waals surface area contributed by atoms with E-state index >= 15 is 0 Å². The molecule has 0 aromatic carbocycles. The molecule has 1 aliphatic carbocycles. The molecular formula is C14H26N2O3. The van der Waals surface area contributed by atoms with Gasteiger partial charge in [0, 0.05) is 19.7 Å². The first-order chi connectivity index (χ1) is 9.07. The van der Waals surface area contributed by atoms with Crippen molar-refractivity contribution in [3.63, 3.8) is 0 Å². The van der Waals surface area contributed by atoms with Crippen LogP contribution in [0.4, 0.5) is 0 Å². The molecule has 0 radical (unpaired) electrons. The van der Waals surface area contributed by atoms with Gasteiger partial charge in [0.05, 0.1) is 18.2 Å². The number of carbonyl (C=O) groups is 1. The third kappa shape index (κ3) is 4.75. The molecule has 5 heteroatoms. The lowest BCUT2D eigenvalue weighted by molar-refractivity contribution is -0.123. The number of nitrogens with one attached hydrogen (secondary N) is 1. The van der Waals surface area contributed by atoms with Gasteiger partial charge < -0.3 is 15.2 Å². The van der Waals surface area contributed by atoms with Crippen molar-refractivity contribution < 1.29 is 14.6 Å². The molecule has 110 valence electrons. The highest BCUT2D eigenvalue weighted by molar-refractivity contribution is 5.78. The van der Waals surface area contributed by atoms with Crippen molar-refractivity contribution in [2.45, 2.75) is 50.2 Å². The zero-order valence-corrected chi connectivity index (χ0v) is 11.9. The second-order valence-corrected chi connectivity index (χ2v) is 6.04. The fourth-order valence-corrected chi connectivity index (χ4v) is 3.08. The number of amides is 1. The SMILES string of the molecule is CN(CC(=O)NCC1CCCO1)CC1(O)CCCC1. The Morgan fingerprint density at radius 3 is 2.79 bits per heavy atom. The zero-order chi connectivity index (χ0) is 13.7. The van der Waals surface area contributed by atoms with Gasteiger partial charge in [-0.05, 0) is 32.7 Å². The molecule has 19 heavy (non-hydrogen) atoms. The molecule has 5 nitrogen and oxygen atoms in total. The summed E-state index contributed by atoms with van der Waals surface area (Å²) in [5.41, 5.74) is -0.580. The van der Waals surface area contributed by atoms with Gasteiger partial charge in [0.25, 0.3) is 0 Å². The maximum Gasteiger partial charge on any atom is 0.234 e. The monoisotopic (exact) mass is 270 g/mol. The normalized spacial score (nSPS) is 25.9. The summed E-state index contributed by atoms with van der Waals surface area (Å²) in [5.74, 6) is 0.0135. The average molecular weight is 270 g/mol. The molecule has 2 rings (SSSR count). The molecule has 1 aliphatic heterocycles. The first kappa shape index (κ1) is 14.8. The lowest BCUT2D eigenvalue weighted by Crippen LogP contribution is -2.44. The molecule has 2 fully saturated rings. The van der Waals surface area contributed by atoms with E-state index in [9.17, 15) is 9.90 Å². The van der Waals surface area contributed by atoms with E-state index in [1.807, 2.05) is 11.9 Å². The van der Waals surface area contributed by atoms with Crippen molar-refractivity contribution in [3.8, 4) is 0 Å². The van der Waals surface area contributed by atoms with Crippen LogP contribution in [-0.2, 0) is 9.53 Å². The largest absolute Gasteiger partial charge is 0.389 e. The number of nitrogens with zero attached hydrogens (tertiary/aromatic N) is 1. The zero-order valence-electron chi connectivity index (χ0n) is 11.9. The van der Waals surface area contributed by atoms with E-state index in [-0.39, 0.29) is 12.0 Å². The Labute approximate surface area is 115 Å². The summed E-state index contributed by atoms with van der Waals surface area (Å²) >= 11 is 0. The Morgan fingerprint density at radius 1 is 1.42 bits per heavy atom. The molecule has 0 aromatic heterocycles. The number of hydrogen-bond acceptors (Lipinski definition) is 4. The minimum Gasteiger partial charge on any atom is -0.389 e. The molecule has 2 N–H and O–H groups in total. The van der Waals surface area contributed by atoms with Gasteiger partial charge in [-0.1, -0.05) is 12.8 Å². The van der Waals surface area contributed by atoms with Crippen LogP contribution in [-0.4, -0.2) is 60.9 Å². The van der Waals surface area contributed by atoms with Crippen LogP contribution in [0.25, 0.3) is 0 Å². The van der Waals surface area contributed by atoms with E-state index in [0.717, 1.165) is 45.1 Å². The van der Waals surface area contributed by atoms with Gasteiger partial charge >= 0.3 is 0 Å². The van der Waals surface area contributed by atoms with Crippen LogP contribution in [0, 0.1) is 0 Å². The van der Waals surface area contributed by atoms with Gasteiger partial charge in [-0.2, -0.15) is 0 Å². The second kappa shape index (κ2) is 6.68. The fourth-order valence-electron chi connectivity index (χ4n) is 3.08. The van der Waals surface area contributed by atoms with E-state index in [4.69, 9.17) is 4.74 Å². The van der Waals surface area contributed by atoms with Crippen molar-refractivity contribution in [2.24, 2.45) is 0 Å². The van der Waals surface area contributed by atoms with Crippen molar-refractivity contribution in [1.82, 2.24) is 10.2 Å². The molecule has 1 saturated heterocycles. The lowest BCUT2D eigenvalue weighted by atomic mass is 10.0. The molecule has 0 bridgehead atoms. The van der Waals surface area contributed by atoms with E-state index in [2.05, 4.69) is 5.32 Å². The summed E-state index contributed by atoms with van der Waals surface area (Å²) in [6, 6.07) is 0. The quantitative estimate of drug-likeness (QED) is 0.738. The Bertz CT molecular complexity index is 297. The Hall–Kier alpha value is -0.650. The smallest absolute Gasteiger partial charge is 0.234 e. The Morgan fingerprint density at radius 2 is 2.16 bits per heavy atom. The van der Waals surface area contributed by atoms with E-state index in [0.29, 0.717) is 19.6 Å². The number of carbonyl (C=O) groups excluding carboxylic acids is 1. The molecule has 0 spiro atoms. The predicted octanol–water partition coefficient (Wildman–Crippen LogP) is 0.518. The van der Waals surface area contributed by atoms with E-state index in [1.54, 1.807) is 0 Å². The summed E-state index contributed by atoms with van der Waals surface area (Å²) in [5, 5.41) is 13.2. The van der Waals surface area contributed by atoms with E-state index in [1.165, 1.54) is 0 Å². The van der Waals surface area contributed by atoms with Crippen LogP contribution in [0.1, 0.15) is 38.5 Å². The minimum atomic E-state index is -0.580. The number of hydrogen-bond donors (Lipinski definition) is 2. The molecule has 1 amide bonds. The highest BCUT2D eigenvalue weighted by Gasteiger charge is 2.32. The van der Waals surface area contributed by atoms with E-state index < -0.39 is 5.60 Å². The lowest BCUT2D eigenvalue weighted by Gasteiger charge is -2.28. The number of likely N-dealkylation sites (N-methyl/N-ethyl adjacent to an activating group) is 1. The summed E-state index contributed by atoms with van der Waals surface area (Å²) in [6.07, 6.45) is 6.21. The average Bonchev–Trinajstić information content (AvgIpc) is 2.97. The van der Waals surface area contributed by atoms with Crippen LogP contribution < -0.4 is 5.32 Å². The highest BCUT2D eigenvalue weighted by Crippen LogP contribution is 2.29. The maximum absolute atomic E-state index is 11.8. The van der Waals surface area contributed by atoms with Gasteiger partial charge in [0.1, 0.15) is 0 Å². The standard InChI is InChI=1S/C14H26N2O3/c1-16(11-14(18)6-2-3-7-14)10-13(17)15-9-12-5-4-8-19-12/h12,18H,2-11H2,1H3,(H,15,17). The van der Waals surface area contributed by atoms with Gasteiger partial charge in [-0.3, -0.25) is 9.69 Å². The second-order valence-electron chi connectivity index (χ2n) is 6.04. The summed E-state index contributed by atoms with van der Waals surface area (Å²) in [4.78, 5) is 13.7. The Kier molecular flexibility index (Phi) is 5.19. The van der Waals surface area contributed by atoms with Crippen LogP contribution >= 0.6 is 0 Å². The topological polar surface area (TPSA) is 61.8 Å². The first-order valence-corrected chi connectivity index (χ1v) is 7.37. The van der Waals surface area contributed by atoms with Gasteiger partial charge in [-0.25, -0.2) is 0 Å². The van der Waals surface area contributed by atoms with Crippen molar-refractivity contribution in [2.75, 3.05) is 33.3 Å². The number of ether oxygens (including phenoxy) is 1. The third-order valence-electron chi connectivity index (χ3n) is 4.06. The third-order valence-corrected chi connectivity index (χ3v) is 4.06. The summed E-state index contributed by atoms with van der Waals surface area (Å²) in [6.45, 7) is 2.35. The molecule has 1 unspecified atom stereocenters. The van der Waals surface area contributed by atoms with Gasteiger partial charge in [0.2, 0.25) is 5.91 Å². The van der Waals surface area contributed by atoms with Crippen LogP contribution in [0.15, 0.2) is 0 Å². The van der Waals surface area contributed by atoms with Crippen LogP contribution in [0.3, 0.4) is 0 Å². The minimum absolute atomic E-state index is 0.0135.